The maximum Gasteiger partial charge on any atom is 0.170 e. The number of carbonyl (C=O) groups excluding carboxylic acids is 2. The Morgan fingerprint density at radius 3 is 1.41 bits per heavy atom. The number of hydrogen-bond donors (Lipinski definition) is 2. The maximum atomic E-state index is 11.6. The fourth-order valence-electron chi connectivity index (χ4n) is 14.3. The first-order valence-electron chi connectivity index (χ1n) is 27.7. The van der Waals surface area contributed by atoms with Crippen LogP contribution in [0.1, 0.15) is 130 Å². The summed E-state index contributed by atoms with van der Waals surface area (Å²) in [5.41, 5.74) is 18.9. The van der Waals surface area contributed by atoms with Crippen molar-refractivity contribution in [1.82, 2.24) is 19.6 Å². The lowest BCUT2D eigenvalue weighted by Crippen LogP contribution is -2.45. The SMILES string of the molecule is Cc1c(C=O)nn(-c2ccc(Cl)cc2Cl)c1-c1ccc(Cl)cc1.Cc1c(CCCCCCC2C3CC4CC(C3)CC2C4)nn(-c2ccc(Cl)cc2Cl)c1-c1ccc(Cl)cc1.NCCCN.O=C1C2CC3CC(C2)CC1C3. The van der Waals surface area contributed by atoms with Crippen LogP contribution in [0.2, 0.25) is 30.1 Å². The number of aromatic nitrogens is 4. The molecule has 8 bridgehead atoms. The average Bonchev–Trinajstić information content (AvgIpc) is 3.95. The minimum absolute atomic E-state index is 0.362. The maximum absolute atomic E-state index is 11.6. The Bertz CT molecular complexity index is 2890. The van der Waals surface area contributed by atoms with Crippen molar-refractivity contribution >= 4 is 81.7 Å². The van der Waals surface area contributed by atoms with Crippen LogP contribution in [0.4, 0.5) is 0 Å². The highest BCUT2D eigenvalue weighted by Gasteiger charge is 2.48. The first kappa shape index (κ1) is 57.0. The molecule has 76 heavy (non-hydrogen) atoms. The van der Waals surface area contributed by atoms with Crippen LogP contribution in [0.5, 0.6) is 0 Å². The van der Waals surface area contributed by atoms with E-state index < -0.39 is 0 Å². The molecule has 8 nitrogen and oxygen atoms in total. The molecule has 8 fully saturated rings. The van der Waals surface area contributed by atoms with Crippen LogP contribution in [0, 0.1) is 67.1 Å². The normalized spacial score (nSPS) is 24.3. The molecule has 0 aliphatic heterocycles. The van der Waals surface area contributed by atoms with E-state index in [-0.39, 0.29) is 0 Å². The van der Waals surface area contributed by atoms with Gasteiger partial charge in [-0.2, -0.15) is 10.2 Å². The monoisotopic (exact) mass is 1140 g/mol. The van der Waals surface area contributed by atoms with Gasteiger partial charge in [-0.05, 0) is 224 Å². The highest BCUT2D eigenvalue weighted by atomic mass is 35.5. The molecule has 0 unspecified atom stereocenters. The van der Waals surface area contributed by atoms with Crippen molar-refractivity contribution < 1.29 is 9.59 Å². The van der Waals surface area contributed by atoms with E-state index in [1.165, 1.54) is 69.8 Å². The van der Waals surface area contributed by atoms with Gasteiger partial charge in [-0.3, -0.25) is 9.59 Å². The van der Waals surface area contributed by atoms with Crippen LogP contribution in [-0.4, -0.2) is 44.7 Å². The number of ketones is 1. The number of benzene rings is 4. The average molecular weight is 1150 g/mol. The summed E-state index contributed by atoms with van der Waals surface area (Å²) in [7, 11) is 0. The van der Waals surface area contributed by atoms with Crippen molar-refractivity contribution in [2.24, 2.45) is 64.7 Å². The van der Waals surface area contributed by atoms with E-state index in [1.807, 2.05) is 48.0 Å². The number of nitrogens with two attached hydrogens (primary N) is 2. The van der Waals surface area contributed by atoms with Gasteiger partial charge < -0.3 is 11.5 Å². The van der Waals surface area contributed by atoms with Gasteiger partial charge in [0.1, 0.15) is 11.5 Å². The Hall–Kier alpha value is -3.70. The molecule has 0 saturated heterocycles. The van der Waals surface area contributed by atoms with Gasteiger partial charge in [0.15, 0.2) is 6.29 Å². The van der Waals surface area contributed by atoms with Crippen LogP contribution in [0.15, 0.2) is 84.9 Å². The van der Waals surface area contributed by atoms with Crippen molar-refractivity contribution in [1.29, 1.82) is 0 Å². The summed E-state index contributed by atoms with van der Waals surface area (Å²) >= 11 is 37.2. The number of unbranched alkanes of at least 4 members (excludes halogenated alkanes) is 3. The molecule has 4 N–H and O–H groups in total. The number of carbonyl (C=O) groups is 2. The number of nitrogens with zero attached hydrogens (tertiary/aromatic N) is 4. The third-order valence-corrected chi connectivity index (χ3v) is 19.1. The lowest BCUT2D eigenvalue weighted by molar-refractivity contribution is -0.139. The molecule has 14 rings (SSSR count). The van der Waals surface area contributed by atoms with Crippen molar-refractivity contribution in [3.63, 3.8) is 0 Å². The van der Waals surface area contributed by atoms with Gasteiger partial charge in [-0.15, -0.1) is 0 Å². The number of aryl methyl sites for hydroxylation is 1. The second-order valence-corrected chi connectivity index (χ2v) is 25.2. The van der Waals surface area contributed by atoms with Gasteiger partial charge in [-0.1, -0.05) is 113 Å². The second-order valence-electron chi connectivity index (χ2n) is 22.6. The molecule has 0 amide bonds. The first-order valence-corrected chi connectivity index (χ1v) is 30.0. The van der Waals surface area contributed by atoms with Gasteiger partial charge in [0.25, 0.3) is 0 Å². The van der Waals surface area contributed by atoms with E-state index in [2.05, 4.69) is 24.2 Å². The summed E-state index contributed by atoms with van der Waals surface area (Å²) < 4.78 is 3.64. The molecular formula is C62H72Cl6N6O2. The first-order chi connectivity index (χ1) is 36.7. The fraction of sp³-hybridized carbons (Fsp3) is 0.484. The third kappa shape index (κ3) is 13.3. The lowest BCUT2D eigenvalue weighted by atomic mass is 9.51. The highest BCUT2D eigenvalue weighted by Crippen LogP contribution is 2.58. The van der Waals surface area contributed by atoms with E-state index in [1.54, 1.807) is 73.2 Å². The standard InChI is InChI=1S/C32H37Cl3N2.C17H11Cl3N2O.C10H14O.C3H10N2/c1-20-30(7-5-3-2-4-6-28-24-15-21-14-22(17-24)18-25(28)16-21)36-37(31-13-12-27(34)19-29(31)35)32(20)23-8-10-26(33)11-9-23;1-10-15(9-23)21-22(16-7-6-13(19)8-14(16)20)17(10)11-2-4-12(18)5-3-11;11-10-8-2-6-1-7(4-8)5-9(10)3-6;4-2-1-3-5/h8-13,19,21-22,24-25,28H,2-7,14-18H2,1H3;2-9H,1H3;6-9H,1-5H2;1-5H2. The number of Topliss-reactive ketones (excluding diaryl/α,β-unsaturated/α-hetero) is 1. The smallest absolute Gasteiger partial charge is 0.170 e. The van der Waals surface area contributed by atoms with Gasteiger partial charge in [0, 0.05) is 48.6 Å². The van der Waals surface area contributed by atoms with Gasteiger partial charge in [-0.25, -0.2) is 9.36 Å². The van der Waals surface area contributed by atoms with E-state index in [4.69, 9.17) is 86.2 Å². The molecule has 8 aliphatic carbocycles. The Labute approximate surface area is 479 Å². The predicted octanol–water partition coefficient (Wildman–Crippen LogP) is 17.3. The fourth-order valence-corrected chi connectivity index (χ4v) is 15.5. The topological polar surface area (TPSA) is 122 Å². The Morgan fingerprint density at radius 2 is 0.961 bits per heavy atom. The predicted molar refractivity (Wildman–Crippen MR) is 315 cm³/mol. The van der Waals surface area contributed by atoms with Crippen molar-refractivity contribution in [3.05, 3.63) is 138 Å². The van der Waals surface area contributed by atoms with Crippen LogP contribution >= 0.6 is 69.6 Å². The lowest BCUT2D eigenvalue weighted by Gasteiger charge is -2.54. The number of hydrogen-bond acceptors (Lipinski definition) is 6. The molecule has 4 aromatic carbocycles. The van der Waals surface area contributed by atoms with E-state index >= 15 is 0 Å². The van der Waals surface area contributed by atoms with Crippen LogP contribution in [0.25, 0.3) is 33.9 Å². The molecule has 6 aromatic rings. The molecule has 14 heteroatoms. The molecule has 0 radical (unpaired) electrons. The third-order valence-electron chi connectivity index (χ3n) is 17.5. The Morgan fingerprint density at radius 1 is 0.526 bits per heavy atom. The Balaban J connectivity index is 0.000000152. The summed E-state index contributed by atoms with van der Waals surface area (Å²) in [6.45, 7) is 5.47. The second kappa shape index (κ2) is 26.1. The van der Waals surface area contributed by atoms with Gasteiger partial charge >= 0.3 is 0 Å². The molecule has 2 heterocycles. The number of halogens is 6. The van der Waals surface area contributed by atoms with Gasteiger partial charge in [0.2, 0.25) is 0 Å². The van der Waals surface area contributed by atoms with E-state index in [0.29, 0.717) is 54.1 Å². The van der Waals surface area contributed by atoms with Gasteiger partial charge in [0.05, 0.1) is 38.5 Å². The summed E-state index contributed by atoms with van der Waals surface area (Å²) in [6.07, 6.45) is 23.5. The van der Waals surface area contributed by atoms with Crippen LogP contribution < -0.4 is 11.5 Å². The zero-order chi connectivity index (χ0) is 53.6. The molecule has 2 aromatic heterocycles. The van der Waals surface area contributed by atoms with E-state index in [0.717, 1.165) is 118 Å². The van der Waals surface area contributed by atoms with Crippen molar-refractivity contribution in [3.8, 4) is 33.9 Å². The summed E-state index contributed by atoms with van der Waals surface area (Å²) in [6, 6.07) is 26.0. The largest absolute Gasteiger partial charge is 0.330 e. The quantitative estimate of drug-likeness (QED) is 0.0828. The minimum atomic E-state index is 0.362. The zero-order valence-corrected chi connectivity index (χ0v) is 48.4. The summed E-state index contributed by atoms with van der Waals surface area (Å²) in [5, 5.41) is 13.0. The summed E-state index contributed by atoms with van der Waals surface area (Å²) in [4.78, 5) is 22.9. The van der Waals surface area contributed by atoms with Crippen LogP contribution in [0.3, 0.4) is 0 Å². The highest BCUT2D eigenvalue weighted by molar-refractivity contribution is 6.36. The van der Waals surface area contributed by atoms with Crippen molar-refractivity contribution in [2.75, 3.05) is 13.1 Å². The number of aldehydes is 1. The minimum Gasteiger partial charge on any atom is -0.330 e. The van der Waals surface area contributed by atoms with Crippen LogP contribution in [-0.2, 0) is 11.2 Å². The number of rotatable bonds is 14. The zero-order valence-electron chi connectivity index (χ0n) is 43.8. The molecule has 0 spiro atoms. The molecule has 8 saturated carbocycles. The molecule has 0 atom stereocenters. The van der Waals surface area contributed by atoms with E-state index in [9.17, 15) is 9.59 Å². The molecule has 404 valence electrons. The molecule has 8 aliphatic rings. The van der Waals surface area contributed by atoms with Crippen molar-refractivity contribution in [2.45, 2.75) is 123 Å². The Kier molecular flexibility index (Phi) is 19.5. The molecular weight excluding hydrogens is 1070 g/mol. The summed E-state index contributed by atoms with van der Waals surface area (Å²) in [5.74, 6) is 8.85.